The molecule has 1 saturated carbocycles. The van der Waals surface area contributed by atoms with Gasteiger partial charge in [-0.05, 0) is 77.2 Å². The summed E-state index contributed by atoms with van der Waals surface area (Å²) in [6, 6.07) is 9.09. The molecule has 1 N–H and O–H groups in total. The quantitative estimate of drug-likeness (QED) is 0.336. The van der Waals surface area contributed by atoms with Gasteiger partial charge in [-0.15, -0.1) is 0 Å². The average Bonchev–Trinajstić information content (AvgIpc) is 2.79. The summed E-state index contributed by atoms with van der Waals surface area (Å²) in [5.41, 5.74) is 0.597. The number of hydrogen-bond donors (Lipinski definition) is 1. The van der Waals surface area contributed by atoms with Crippen molar-refractivity contribution in [2.45, 2.75) is 89.7 Å². The first-order valence-electron chi connectivity index (χ1n) is 12.5. The molecule has 1 aromatic carbocycles. The molecule has 6 nitrogen and oxygen atoms in total. The predicted octanol–water partition coefficient (Wildman–Crippen LogP) is 5.29. The molecule has 1 aliphatic rings. The molecule has 184 valence electrons. The molecule has 2 rings (SSSR count). The van der Waals surface area contributed by atoms with Crippen molar-refractivity contribution in [2.75, 3.05) is 38.5 Å². The number of nitrogens with one attached hydrogen (secondary N) is 1. The highest BCUT2D eigenvalue weighted by Crippen LogP contribution is 2.26. The Hall–Kier alpha value is -1.15. The summed E-state index contributed by atoms with van der Waals surface area (Å²) in [6.45, 7) is 5.50. The molecule has 0 saturated heterocycles. The lowest BCUT2D eigenvalue weighted by molar-refractivity contribution is 0.0157. The van der Waals surface area contributed by atoms with E-state index < -0.39 is 10.2 Å². The molecule has 0 atom stereocenters. The topological polar surface area (TPSA) is 61.9 Å². The largest absolute Gasteiger partial charge is 0.378 e. The van der Waals surface area contributed by atoms with E-state index in [0.717, 1.165) is 38.7 Å². The van der Waals surface area contributed by atoms with Crippen LogP contribution in [-0.2, 0) is 14.9 Å². The molecule has 0 radical (unpaired) electrons. The number of benzene rings is 1. The zero-order chi connectivity index (χ0) is 23.2. The van der Waals surface area contributed by atoms with Crippen molar-refractivity contribution in [3.05, 3.63) is 30.3 Å². The number of rotatable bonds is 16. The molecule has 0 aromatic heterocycles. The fourth-order valence-corrected chi connectivity index (χ4v) is 5.51. The number of nitrogens with zero attached hydrogens (tertiary/aromatic N) is 2. The van der Waals surface area contributed by atoms with Crippen molar-refractivity contribution in [2.24, 2.45) is 0 Å². The van der Waals surface area contributed by atoms with Crippen LogP contribution in [0.15, 0.2) is 30.3 Å². The Kier molecular flexibility index (Phi) is 12.6. The third-order valence-electron chi connectivity index (χ3n) is 6.49. The van der Waals surface area contributed by atoms with Gasteiger partial charge >= 0.3 is 10.2 Å². The molecule has 32 heavy (non-hydrogen) atoms. The first-order valence-corrected chi connectivity index (χ1v) is 14.0. The zero-order valence-corrected chi connectivity index (χ0v) is 21.3. The van der Waals surface area contributed by atoms with Crippen LogP contribution in [0, 0.1) is 0 Å². The fraction of sp³-hybridized carbons (Fsp3) is 0.760. The molecule has 1 aliphatic carbocycles. The maximum absolute atomic E-state index is 12.7. The lowest BCUT2D eigenvalue weighted by Crippen LogP contribution is -2.43. The van der Waals surface area contributed by atoms with Gasteiger partial charge in [-0.25, -0.2) is 0 Å². The van der Waals surface area contributed by atoms with Crippen LogP contribution in [0.4, 0.5) is 5.69 Å². The van der Waals surface area contributed by atoms with Crippen molar-refractivity contribution in [1.82, 2.24) is 9.21 Å². The van der Waals surface area contributed by atoms with E-state index in [1.807, 2.05) is 18.2 Å². The van der Waals surface area contributed by atoms with Gasteiger partial charge in [0.2, 0.25) is 0 Å². The average molecular weight is 468 g/mol. The Bertz CT molecular complexity index is 706. The van der Waals surface area contributed by atoms with Crippen molar-refractivity contribution < 1.29 is 13.2 Å². The summed E-state index contributed by atoms with van der Waals surface area (Å²) in [4.78, 5) is 2.46. The van der Waals surface area contributed by atoms with Crippen molar-refractivity contribution >= 4 is 15.9 Å². The minimum atomic E-state index is -3.53. The molecule has 0 amide bonds. The third-order valence-corrected chi connectivity index (χ3v) is 8.04. The smallest absolute Gasteiger partial charge is 0.301 e. The SMILES string of the molecule is CCCCCN(C)CCCCCCO[C@H]1CC[C@H](N(C)S(=O)(=O)Nc2ccccc2)CC1. The number of anilines is 1. The Morgan fingerprint density at radius 2 is 1.53 bits per heavy atom. The molecular weight excluding hydrogens is 422 g/mol. The minimum absolute atomic E-state index is 0.0328. The Balaban J connectivity index is 1.54. The minimum Gasteiger partial charge on any atom is -0.378 e. The maximum Gasteiger partial charge on any atom is 0.301 e. The molecule has 0 aliphatic heterocycles. The van der Waals surface area contributed by atoms with Gasteiger partial charge in [0.25, 0.3) is 0 Å². The van der Waals surface area contributed by atoms with Crippen molar-refractivity contribution in [3.8, 4) is 0 Å². The lowest BCUT2D eigenvalue weighted by atomic mass is 9.93. The Morgan fingerprint density at radius 1 is 0.906 bits per heavy atom. The summed E-state index contributed by atoms with van der Waals surface area (Å²) >= 11 is 0. The van der Waals surface area contributed by atoms with Gasteiger partial charge in [-0.1, -0.05) is 50.8 Å². The Labute approximate surface area is 196 Å². The Morgan fingerprint density at radius 3 is 2.19 bits per heavy atom. The van der Waals surface area contributed by atoms with E-state index in [1.54, 1.807) is 19.2 Å². The highest BCUT2D eigenvalue weighted by Gasteiger charge is 2.30. The first-order chi connectivity index (χ1) is 15.4. The van der Waals surface area contributed by atoms with E-state index >= 15 is 0 Å². The first kappa shape index (κ1) is 27.1. The molecule has 0 heterocycles. The van der Waals surface area contributed by atoms with Gasteiger partial charge in [0.05, 0.1) is 6.10 Å². The van der Waals surface area contributed by atoms with Crippen LogP contribution in [0.25, 0.3) is 0 Å². The van der Waals surface area contributed by atoms with Gasteiger partial charge in [0, 0.05) is 25.4 Å². The van der Waals surface area contributed by atoms with Crippen LogP contribution in [0.3, 0.4) is 0 Å². The summed E-state index contributed by atoms with van der Waals surface area (Å²) in [6.07, 6.45) is 12.6. The predicted molar refractivity (Wildman–Crippen MR) is 134 cm³/mol. The molecule has 7 heteroatoms. The lowest BCUT2D eigenvalue weighted by Gasteiger charge is -2.34. The van der Waals surface area contributed by atoms with Gasteiger partial charge in [0.15, 0.2) is 0 Å². The second kappa shape index (κ2) is 14.9. The second-order valence-corrected chi connectivity index (χ2v) is 10.9. The van der Waals surface area contributed by atoms with Gasteiger partial charge in [0.1, 0.15) is 0 Å². The molecule has 0 bridgehead atoms. The van der Waals surface area contributed by atoms with E-state index in [0.29, 0.717) is 5.69 Å². The van der Waals surface area contributed by atoms with E-state index in [4.69, 9.17) is 4.74 Å². The van der Waals surface area contributed by atoms with E-state index in [9.17, 15) is 8.42 Å². The fourth-order valence-electron chi connectivity index (χ4n) is 4.33. The van der Waals surface area contributed by atoms with Gasteiger partial charge in [-0.3, -0.25) is 4.72 Å². The van der Waals surface area contributed by atoms with Crippen LogP contribution in [0.5, 0.6) is 0 Å². The van der Waals surface area contributed by atoms with Gasteiger partial charge in [-0.2, -0.15) is 12.7 Å². The summed E-state index contributed by atoms with van der Waals surface area (Å²) in [7, 11) is 0.376. The normalized spacial score (nSPS) is 19.5. The molecule has 0 spiro atoms. The van der Waals surface area contributed by atoms with Crippen LogP contribution in [0.2, 0.25) is 0 Å². The summed E-state index contributed by atoms with van der Waals surface area (Å²) in [5.74, 6) is 0. The molecular formula is C25H45N3O3S. The molecule has 1 aromatic rings. The van der Waals surface area contributed by atoms with Crippen LogP contribution >= 0.6 is 0 Å². The number of ether oxygens (including phenoxy) is 1. The maximum atomic E-state index is 12.7. The van der Waals surface area contributed by atoms with Crippen LogP contribution in [-0.4, -0.2) is 63.6 Å². The summed E-state index contributed by atoms with van der Waals surface area (Å²) in [5, 5.41) is 0. The number of unbranched alkanes of at least 4 members (excludes halogenated alkanes) is 5. The molecule has 1 fully saturated rings. The molecule has 0 unspecified atom stereocenters. The van der Waals surface area contributed by atoms with Crippen molar-refractivity contribution in [1.29, 1.82) is 0 Å². The zero-order valence-electron chi connectivity index (χ0n) is 20.5. The standard InChI is InChI=1S/C25H45N3O3S/c1-4-5-11-20-27(2)21-12-6-7-13-22-31-25-18-16-24(17-19-25)28(3)32(29,30)26-23-14-9-8-10-15-23/h8-10,14-15,24-26H,4-7,11-13,16-22H2,1-3H3/t24-,25-. The number of hydrogen-bond acceptors (Lipinski definition) is 4. The third kappa shape index (κ3) is 10.2. The van der Waals surface area contributed by atoms with Crippen molar-refractivity contribution in [3.63, 3.8) is 0 Å². The summed E-state index contributed by atoms with van der Waals surface area (Å²) < 4.78 is 35.6. The highest BCUT2D eigenvalue weighted by atomic mass is 32.2. The van der Waals surface area contributed by atoms with Crippen LogP contribution in [0.1, 0.15) is 77.6 Å². The number of para-hydroxylation sites is 1. The second-order valence-electron chi connectivity index (χ2n) is 9.22. The highest BCUT2D eigenvalue weighted by molar-refractivity contribution is 7.90. The van der Waals surface area contributed by atoms with Crippen LogP contribution < -0.4 is 4.72 Å². The monoisotopic (exact) mass is 467 g/mol. The van der Waals surface area contributed by atoms with E-state index in [-0.39, 0.29) is 12.1 Å². The van der Waals surface area contributed by atoms with Gasteiger partial charge < -0.3 is 9.64 Å². The van der Waals surface area contributed by atoms with E-state index in [2.05, 4.69) is 23.6 Å². The van der Waals surface area contributed by atoms with E-state index in [1.165, 1.54) is 55.9 Å².